The molecule has 0 aliphatic carbocycles. The summed E-state index contributed by atoms with van der Waals surface area (Å²) in [4.78, 5) is 14.8. The highest BCUT2D eigenvalue weighted by molar-refractivity contribution is 5.79. The van der Waals surface area contributed by atoms with Crippen molar-refractivity contribution in [3.05, 3.63) is 48.3 Å². The fourth-order valence-corrected chi connectivity index (χ4v) is 3.46. The summed E-state index contributed by atoms with van der Waals surface area (Å²) >= 11 is 0. The van der Waals surface area contributed by atoms with Gasteiger partial charge in [0, 0.05) is 25.2 Å². The number of para-hydroxylation sites is 1. The number of benzene rings is 1. The van der Waals surface area contributed by atoms with Gasteiger partial charge in [-0.3, -0.25) is 4.79 Å². The third-order valence-electron chi connectivity index (χ3n) is 4.91. The van der Waals surface area contributed by atoms with Crippen LogP contribution in [0, 0.1) is 5.92 Å². The zero-order valence-corrected chi connectivity index (χ0v) is 15.2. The topological polar surface area (TPSA) is 84.6 Å². The first-order valence-corrected chi connectivity index (χ1v) is 9.06. The number of ether oxygens (including phenoxy) is 1. The van der Waals surface area contributed by atoms with Crippen molar-refractivity contribution in [2.24, 2.45) is 5.92 Å². The van der Waals surface area contributed by atoms with Gasteiger partial charge in [0.05, 0.1) is 13.0 Å². The predicted octanol–water partition coefficient (Wildman–Crippen LogP) is 1.67. The number of hydrogen-bond donors (Lipinski definition) is 1. The van der Waals surface area contributed by atoms with Crippen LogP contribution in [0.3, 0.4) is 0 Å². The Morgan fingerprint density at radius 2 is 2.19 bits per heavy atom. The van der Waals surface area contributed by atoms with Gasteiger partial charge in [-0.15, -0.1) is 15.3 Å². The number of aromatic nitrogens is 4. The summed E-state index contributed by atoms with van der Waals surface area (Å²) in [6, 6.07) is 11.5. The number of rotatable bonds is 5. The maximum absolute atomic E-state index is 12.7. The Kier molecular flexibility index (Phi) is 4.86. The van der Waals surface area contributed by atoms with Crippen molar-refractivity contribution in [2.75, 3.05) is 25.1 Å². The maximum Gasteiger partial charge on any atom is 0.225 e. The van der Waals surface area contributed by atoms with Gasteiger partial charge in [-0.25, -0.2) is 0 Å². The minimum atomic E-state index is -0.0631. The summed E-state index contributed by atoms with van der Waals surface area (Å²) in [6.45, 7) is 2.00. The lowest BCUT2D eigenvalue weighted by molar-refractivity contribution is -0.125. The Balaban J connectivity index is 1.40. The first-order valence-electron chi connectivity index (χ1n) is 9.06. The number of nitrogens with one attached hydrogen (secondary N) is 1. The molecule has 1 aromatic carbocycles. The fourth-order valence-electron chi connectivity index (χ4n) is 3.46. The molecule has 1 N–H and O–H groups in total. The lowest BCUT2D eigenvalue weighted by Gasteiger charge is -2.32. The van der Waals surface area contributed by atoms with E-state index in [4.69, 9.17) is 4.74 Å². The molecule has 3 heterocycles. The van der Waals surface area contributed by atoms with Crippen molar-refractivity contribution >= 4 is 17.4 Å². The SMILES string of the molecule is COc1ccccc1CNC(=O)[C@@H]1CCCN(c2ccc3nncn3n2)C1. The minimum Gasteiger partial charge on any atom is -0.496 e. The molecule has 0 saturated carbocycles. The lowest BCUT2D eigenvalue weighted by Crippen LogP contribution is -2.43. The highest BCUT2D eigenvalue weighted by Gasteiger charge is 2.26. The van der Waals surface area contributed by atoms with Crippen molar-refractivity contribution in [1.29, 1.82) is 0 Å². The van der Waals surface area contributed by atoms with Crippen molar-refractivity contribution in [3.8, 4) is 5.75 Å². The van der Waals surface area contributed by atoms with Crippen LogP contribution in [0.15, 0.2) is 42.7 Å². The highest BCUT2D eigenvalue weighted by Crippen LogP contribution is 2.22. The molecule has 8 heteroatoms. The second-order valence-corrected chi connectivity index (χ2v) is 6.64. The summed E-state index contributed by atoms with van der Waals surface area (Å²) in [5, 5.41) is 15.4. The van der Waals surface area contributed by atoms with Crippen LogP contribution in [0.2, 0.25) is 0 Å². The first-order chi connectivity index (χ1) is 13.2. The number of anilines is 1. The van der Waals surface area contributed by atoms with Gasteiger partial charge in [-0.05, 0) is 31.0 Å². The van der Waals surface area contributed by atoms with Gasteiger partial charge >= 0.3 is 0 Å². The van der Waals surface area contributed by atoms with Crippen LogP contribution in [0.25, 0.3) is 5.65 Å². The number of piperidine rings is 1. The molecule has 0 radical (unpaired) electrons. The number of methoxy groups -OCH3 is 1. The van der Waals surface area contributed by atoms with E-state index >= 15 is 0 Å². The summed E-state index contributed by atoms with van der Waals surface area (Å²) in [6.07, 6.45) is 3.41. The molecule has 2 aromatic heterocycles. The predicted molar refractivity (Wildman–Crippen MR) is 101 cm³/mol. The van der Waals surface area contributed by atoms with Crippen LogP contribution in [0.1, 0.15) is 18.4 Å². The van der Waals surface area contributed by atoms with E-state index in [1.165, 1.54) is 0 Å². The van der Waals surface area contributed by atoms with Crippen molar-refractivity contribution in [2.45, 2.75) is 19.4 Å². The van der Waals surface area contributed by atoms with Crippen LogP contribution < -0.4 is 15.0 Å². The van der Waals surface area contributed by atoms with Crippen LogP contribution in [-0.2, 0) is 11.3 Å². The molecule has 4 rings (SSSR count). The minimum absolute atomic E-state index is 0.0631. The Morgan fingerprint density at radius 1 is 1.30 bits per heavy atom. The van der Waals surface area contributed by atoms with Gasteiger partial charge in [0.1, 0.15) is 17.9 Å². The highest BCUT2D eigenvalue weighted by atomic mass is 16.5. The molecular formula is C19H22N6O2. The summed E-state index contributed by atoms with van der Waals surface area (Å²) < 4.78 is 7.00. The molecule has 1 aliphatic heterocycles. The van der Waals surface area contributed by atoms with E-state index in [9.17, 15) is 4.79 Å². The molecule has 1 aliphatic rings. The second-order valence-electron chi connectivity index (χ2n) is 6.64. The van der Waals surface area contributed by atoms with E-state index in [2.05, 4.69) is 25.5 Å². The molecule has 8 nitrogen and oxygen atoms in total. The molecule has 0 bridgehead atoms. The Morgan fingerprint density at radius 3 is 3.07 bits per heavy atom. The van der Waals surface area contributed by atoms with Crippen molar-refractivity contribution in [3.63, 3.8) is 0 Å². The third kappa shape index (κ3) is 3.69. The fraction of sp³-hybridized carbons (Fsp3) is 0.368. The average molecular weight is 366 g/mol. The number of fused-ring (bicyclic) bond motifs is 1. The molecule has 140 valence electrons. The Hall–Kier alpha value is -3.16. The lowest BCUT2D eigenvalue weighted by atomic mass is 9.97. The van der Waals surface area contributed by atoms with E-state index in [-0.39, 0.29) is 11.8 Å². The summed E-state index contributed by atoms with van der Waals surface area (Å²) in [7, 11) is 1.64. The van der Waals surface area contributed by atoms with Crippen LogP contribution in [0.4, 0.5) is 5.82 Å². The van der Waals surface area contributed by atoms with E-state index in [1.54, 1.807) is 18.0 Å². The largest absolute Gasteiger partial charge is 0.496 e. The maximum atomic E-state index is 12.7. The van der Waals surface area contributed by atoms with Crippen molar-refractivity contribution in [1.82, 2.24) is 25.1 Å². The van der Waals surface area contributed by atoms with Gasteiger partial charge in [-0.1, -0.05) is 18.2 Å². The van der Waals surface area contributed by atoms with Gasteiger partial charge in [0.2, 0.25) is 5.91 Å². The van der Waals surface area contributed by atoms with Gasteiger partial charge in [0.15, 0.2) is 5.65 Å². The average Bonchev–Trinajstić information content (AvgIpc) is 3.20. The standard InChI is InChI=1S/C19H22N6O2/c1-27-16-7-3-2-5-14(16)11-20-19(26)15-6-4-10-24(12-15)18-9-8-17-22-21-13-25(17)23-18/h2-3,5,7-9,13,15H,4,6,10-12H2,1H3,(H,20,26)/t15-/m1/s1. The quantitative estimate of drug-likeness (QED) is 0.739. The van der Waals surface area contributed by atoms with Gasteiger partial charge in [-0.2, -0.15) is 4.52 Å². The Bertz CT molecular complexity index is 941. The molecule has 1 saturated heterocycles. The van der Waals surface area contributed by atoms with Crippen LogP contribution >= 0.6 is 0 Å². The van der Waals surface area contributed by atoms with E-state index in [0.717, 1.165) is 36.5 Å². The van der Waals surface area contributed by atoms with E-state index < -0.39 is 0 Å². The number of carbonyl (C=O) groups is 1. The van der Waals surface area contributed by atoms with E-state index in [1.807, 2.05) is 36.4 Å². The van der Waals surface area contributed by atoms with Crippen molar-refractivity contribution < 1.29 is 9.53 Å². The second kappa shape index (κ2) is 7.61. The monoisotopic (exact) mass is 366 g/mol. The van der Waals surface area contributed by atoms with Gasteiger partial charge < -0.3 is 15.0 Å². The molecule has 1 atom stereocenters. The number of nitrogens with zero attached hydrogens (tertiary/aromatic N) is 5. The number of hydrogen-bond acceptors (Lipinski definition) is 6. The summed E-state index contributed by atoms with van der Waals surface area (Å²) in [5.41, 5.74) is 1.68. The molecule has 1 amide bonds. The zero-order chi connectivity index (χ0) is 18.6. The molecule has 27 heavy (non-hydrogen) atoms. The van der Waals surface area contributed by atoms with Crippen LogP contribution in [0.5, 0.6) is 5.75 Å². The van der Waals surface area contributed by atoms with E-state index in [0.29, 0.717) is 18.7 Å². The van der Waals surface area contributed by atoms with Crippen LogP contribution in [-0.4, -0.2) is 45.9 Å². The first kappa shape index (κ1) is 17.3. The molecule has 0 spiro atoms. The molecular weight excluding hydrogens is 344 g/mol. The summed E-state index contributed by atoms with van der Waals surface area (Å²) in [5.74, 6) is 1.63. The number of amides is 1. The molecule has 1 fully saturated rings. The molecule has 0 unspecified atom stereocenters. The van der Waals surface area contributed by atoms with Gasteiger partial charge in [0.25, 0.3) is 0 Å². The normalized spacial score (nSPS) is 17.1. The Labute approximate surface area is 157 Å². The zero-order valence-electron chi connectivity index (χ0n) is 15.2. The number of carbonyl (C=O) groups excluding carboxylic acids is 1. The molecule has 3 aromatic rings. The third-order valence-corrected chi connectivity index (χ3v) is 4.91. The smallest absolute Gasteiger partial charge is 0.225 e.